The van der Waals surface area contributed by atoms with Gasteiger partial charge in [-0.1, -0.05) is 40.2 Å². The van der Waals surface area contributed by atoms with Crippen molar-refractivity contribution in [3.63, 3.8) is 0 Å². The zero-order chi connectivity index (χ0) is 11.7. The van der Waals surface area contributed by atoms with Gasteiger partial charge >= 0.3 is 0 Å². The highest BCUT2D eigenvalue weighted by molar-refractivity contribution is 5.22. The zero-order valence-corrected chi connectivity index (χ0v) is 10.9. The first-order chi connectivity index (χ1) is 6.79. The van der Waals surface area contributed by atoms with Gasteiger partial charge in [0.1, 0.15) is 0 Å². The normalized spacial score (nSPS) is 26.7. The fourth-order valence-corrected chi connectivity index (χ4v) is 2.46. The van der Waals surface area contributed by atoms with E-state index in [-0.39, 0.29) is 5.41 Å². The van der Waals surface area contributed by atoms with Gasteiger partial charge in [0.2, 0.25) is 0 Å². The van der Waals surface area contributed by atoms with Gasteiger partial charge < -0.3 is 5.11 Å². The van der Waals surface area contributed by atoms with Crippen molar-refractivity contribution in [2.45, 2.75) is 65.9 Å². The molecule has 1 aliphatic carbocycles. The Labute approximate surface area is 94.6 Å². The fourth-order valence-electron chi connectivity index (χ4n) is 2.46. The molecule has 0 amide bonds. The van der Waals surface area contributed by atoms with E-state index in [0.717, 1.165) is 12.8 Å². The lowest BCUT2D eigenvalue weighted by molar-refractivity contribution is 0.0338. The van der Waals surface area contributed by atoms with E-state index >= 15 is 0 Å². The molecule has 0 saturated carbocycles. The van der Waals surface area contributed by atoms with E-state index in [2.05, 4.69) is 33.8 Å². The zero-order valence-electron chi connectivity index (χ0n) is 10.9. The summed E-state index contributed by atoms with van der Waals surface area (Å²) in [7, 11) is 0. The van der Waals surface area contributed by atoms with E-state index in [0.29, 0.717) is 5.92 Å². The molecular formula is C14H26O. The summed E-state index contributed by atoms with van der Waals surface area (Å²) in [5.41, 5.74) is 0.922. The van der Waals surface area contributed by atoms with Crippen LogP contribution in [0.4, 0.5) is 0 Å². The van der Waals surface area contributed by atoms with Crippen molar-refractivity contribution < 1.29 is 5.11 Å². The first-order valence-electron chi connectivity index (χ1n) is 6.24. The molecule has 0 heterocycles. The lowest BCUT2D eigenvalue weighted by atomic mass is 9.71. The van der Waals surface area contributed by atoms with Gasteiger partial charge in [0.25, 0.3) is 0 Å². The van der Waals surface area contributed by atoms with Gasteiger partial charge in [-0.25, -0.2) is 0 Å². The van der Waals surface area contributed by atoms with Crippen LogP contribution in [0.2, 0.25) is 0 Å². The van der Waals surface area contributed by atoms with Gasteiger partial charge in [-0.05, 0) is 43.1 Å². The molecule has 0 bridgehead atoms. The molecule has 0 aromatic carbocycles. The third-order valence-corrected chi connectivity index (χ3v) is 4.05. The van der Waals surface area contributed by atoms with Crippen molar-refractivity contribution in [2.24, 2.45) is 11.3 Å². The van der Waals surface area contributed by atoms with Crippen LogP contribution in [0.5, 0.6) is 0 Å². The Morgan fingerprint density at radius 1 is 1.53 bits per heavy atom. The van der Waals surface area contributed by atoms with Crippen LogP contribution in [0.25, 0.3) is 0 Å². The largest absolute Gasteiger partial charge is 0.386 e. The summed E-state index contributed by atoms with van der Waals surface area (Å²) in [5.74, 6) is 0.345. The molecule has 1 rings (SSSR count). The molecule has 0 spiro atoms. The minimum absolute atomic E-state index is 0.269. The summed E-state index contributed by atoms with van der Waals surface area (Å²) in [5, 5.41) is 10.6. The molecule has 0 aromatic rings. The van der Waals surface area contributed by atoms with Gasteiger partial charge in [0, 0.05) is 0 Å². The second-order valence-electron chi connectivity index (χ2n) is 5.97. The molecule has 15 heavy (non-hydrogen) atoms. The third-order valence-electron chi connectivity index (χ3n) is 4.05. The predicted molar refractivity (Wildman–Crippen MR) is 65.8 cm³/mol. The third kappa shape index (κ3) is 2.84. The highest BCUT2D eigenvalue weighted by Gasteiger charge is 2.34. The topological polar surface area (TPSA) is 20.2 Å². The lowest BCUT2D eigenvalue weighted by Gasteiger charge is -2.38. The van der Waals surface area contributed by atoms with Crippen molar-refractivity contribution in [1.82, 2.24) is 0 Å². The van der Waals surface area contributed by atoms with Gasteiger partial charge in [-0.3, -0.25) is 0 Å². The highest BCUT2D eigenvalue weighted by Crippen LogP contribution is 2.40. The molecular weight excluding hydrogens is 184 g/mol. The van der Waals surface area contributed by atoms with Crippen molar-refractivity contribution in [1.29, 1.82) is 0 Å². The lowest BCUT2D eigenvalue weighted by Crippen LogP contribution is -2.37. The molecule has 0 aliphatic heterocycles. The van der Waals surface area contributed by atoms with Crippen LogP contribution in [-0.2, 0) is 0 Å². The van der Waals surface area contributed by atoms with Crippen LogP contribution in [0.15, 0.2) is 11.6 Å². The minimum Gasteiger partial charge on any atom is -0.386 e. The second kappa shape index (κ2) is 4.29. The highest BCUT2D eigenvalue weighted by atomic mass is 16.3. The van der Waals surface area contributed by atoms with E-state index in [4.69, 9.17) is 0 Å². The predicted octanol–water partition coefficient (Wildman–Crippen LogP) is 3.92. The van der Waals surface area contributed by atoms with Gasteiger partial charge in [0.15, 0.2) is 0 Å². The monoisotopic (exact) mass is 210 g/mol. The van der Waals surface area contributed by atoms with Crippen LogP contribution >= 0.6 is 0 Å². The summed E-state index contributed by atoms with van der Waals surface area (Å²) >= 11 is 0. The van der Waals surface area contributed by atoms with Crippen LogP contribution in [0.3, 0.4) is 0 Å². The second-order valence-corrected chi connectivity index (χ2v) is 5.97. The molecule has 0 saturated heterocycles. The van der Waals surface area contributed by atoms with Crippen LogP contribution in [0, 0.1) is 11.3 Å². The first kappa shape index (κ1) is 12.8. The Morgan fingerprint density at radius 3 is 2.60 bits per heavy atom. The van der Waals surface area contributed by atoms with Crippen molar-refractivity contribution in [3.8, 4) is 0 Å². The summed E-state index contributed by atoms with van der Waals surface area (Å²) in [6.45, 7) is 10.8. The molecule has 2 unspecified atom stereocenters. The summed E-state index contributed by atoms with van der Waals surface area (Å²) in [4.78, 5) is 0. The average molecular weight is 210 g/mol. The van der Waals surface area contributed by atoms with Gasteiger partial charge in [-0.2, -0.15) is 0 Å². The minimum atomic E-state index is -0.605. The Morgan fingerprint density at radius 2 is 2.13 bits per heavy atom. The maximum atomic E-state index is 10.6. The molecule has 1 heteroatoms. The van der Waals surface area contributed by atoms with E-state index in [9.17, 15) is 5.11 Å². The molecule has 88 valence electrons. The number of hydrogen-bond acceptors (Lipinski definition) is 1. The maximum absolute atomic E-state index is 10.6. The molecule has 1 nitrogen and oxygen atoms in total. The van der Waals surface area contributed by atoms with Gasteiger partial charge in [0.05, 0.1) is 5.60 Å². The number of rotatable bonds is 3. The number of allylic oxidation sites excluding steroid dienone is 1. The SMILES string of the molecule is CCC(C)C(C)(O)C1=CC(C)(C)CCC1. The van der Waals surface area contributed by atoms with Gasteiger partial charge in [-0.15, -0.1) is 0 Å². The number of hydrogen-bond donors (Lipinski definition) is 1. The molecule has 1 aliphatic rings. The summed E-state index contributed by atoms with van der Waals surface area (Å²) in [6.07, 6.45) is 6.87. The molecule has 1 N–H and O–H groups in total. The van der Waals surface area contributed by atoms with Crippen LogP contribution < -0.4 is 0 Å². The van der Waals surface area contributed by atoms with E-state index < -0.39 is 5.60 Å². The standard InChI is InChI=1S/C14H26O/c1-6-11(2)14(5,15)12-8-7-9-13(3,4)10-12/h10-11,15H,6-9H2,1-5H3. The molecule has 0 radical (unpaired) electrons. The smallest absolute Gasteiger partial charge is 0.0854 e. The van der Waals surface area contributed by atoms with Crippen molar-refractivity contribution >= 4 is 0 Å². The summed E-state index contributed by atoms with van der Waals surface area (Å²) < 4.78 is 0. The Hall–Kier alpha value is -0.300. The Kier molecular flexibility index (Phi) is 3.65. The van der Waals surface area contributed by atoms with Crippen molar-refractivity contribution in [2.75, 3.05) is 0 Å². The quantitative estimate of drug-likeness (QED) is 0.700. The van der Waals surface area contributed by atoms with Crippen molar-refractivity contribution in [3.05, 3.63) is 11.6 Å². The van der Waals surface area contributed by atoms with Crippen LogP contribution in [0.1, 0.15) is 60.3 Å². The van der Waals surface area contributed by atoms with E-state index in [1.54, 1.807) is 0 Å². The first-order valence-corrected chi connectivity index (χ1v) is 6.24. The average Bonchev–Trinajstić information content (AvgIpc) is 2.15. The molecule has 2 atom stereocenters. The maximum Gasteiger partial charge on any atom is 0.0854 e. The number of aliphatic hydroxyl groups is 1. The molecule has 0 aromatic heterocycles. The van der Waals surface area contributed by atoms with Crippen LogP contribution in [-0.4, -0.2) is 10.7 Å². The van der Waals surface area contributed by atoms with E-state index in [1.807, 2.05) is 6.92 Å². The fraction of sp³-hybridized carbons (Fsp3) is 0.857. The summed E-state index contributed by atoms with van der Waals surface area (Å²) in [6, 6.07) is 0. The molecule has 0 fully saturated rings. The Balaban J connectivity index is 2.91. The Bertz CT molecular complexity index is 248. The van der Waals surface area contributed by atoms with E-state index in [1.165, 1.54) is 18.4 Å².